The molecule has 0 aromatic heterocycles. The van der Waals surface area contributed by atoms with Crippen molar-refractivity contribution >= 4 is 5.91 Å². The Morgan fingerprint density at radius 1 is 0.853 bits per heavy atom. The van der Waals surface area contributed by atoms with Crippen LogP contribution in [0, 0.1) is 23.7 Å². The first kappa shape index (κ1) is 21.1. The Labute approximate surface area is 202 Å². The Kier molecular flexibility index (Phi) is 4.93. The maximum atomic E-state index is 13.0. The predicted octanol–water partition coefficient (Wildman–Crippen LogP) is 4.69. The van der Waals surface area contributed by atoms with Crippen LogP contribution in [-0.4, -0.2) is 41.1 Å². The van der Waals surface area contributed by atoms with Crippen LogP contribution in [0.25, 0.3) is 0 Å². The zero-order valence-electron chi connectivity index (χ0n) is 19.9. The van der Waals surface area contributed by atoms with Crippen molar-refractivity contribution < 1.29 is 9.90 Å². The minimum Gasteiger partial charge on any atom is -0.390 e. The van der Waals surface area contributed by atoms with Crippen LogP contribution < -0.4 is 5.32 Å². The van der Waals surface area contributed by atoms with Gasteiger partial charge in [0.25, 0.3) is 5.91 Å². The van der Waals surface area contributed by atoms with Gasteiger partial charge in [0.2, 0.25) is 0 Å². The number of nitrogens with zero attached hydrogens (tertiary/aromatic N) is 1. The third kappa shape index (κ3) is 3.14. The largest absolute Gasteiger partial charge is 0.390 e. The number of hydrogen-bond acceptors (Lipinski definition) is 3. The van der Waals surface area contributed by atoms with Crippen molar-refractivity contribution in [3.63, 3.8) is 0 Å². The van der Waals surface area contributed by atoms with Gasteiger partial charge in [-0.3, -0.25) is 9.69 Å². The molecule has 1 amide bonds. The van der Waals surface area contributed by atoms with Crippen LogP contribution in [0.3, 0.4) is 0 Å². The molecule has 1 saturated heterocycles. The number of aliphatic hydroxyl groups excluding tert-OH is 1. The van der Waals surface area contributed by atoms with Gasteiger partial charge in [-0.15, -0.1) is 0 Å². The predicted molar refractivity (Wildman–Crippen MR) is 132 cm³/mol. The molecule has 2 atom stereocenters. The number of benzene rings is 2. The minimum absolute atomic E-state index is 0.109. The van der Waals surface area contributed by atoms with Gasteiger partial charge in [-0.1, -0.05) is 42.5 Å². The number of piperidine rings is 1. The van der Waals surface area contributed by atoms with E-state index in [1.165, 1.54) is 37.7 Å². The molecule has 2 aromatic rings. The first-order valence-corrected chi connectivity index (χ1v) is 13.5. The van der Waals surface area contributed by atoms with Crippen molar-refractivity contribution in [2.45, 2.75) is 68.5 Å². The van der Waals surface area contributed by atoms with Gasteiger partial charge >= 0.3 is 0 Å². The second-order valence-electron chi connectivity index (χ2n) is 12.0. The second-order valence-corrected chi connectivity index (χ2v) is 12.0. The Hall–Kier alpha value is -2.17. The molecule has 2 N–H and O–H groups in total. The molecule has 5 aliphatic carbocycles. The van der Waals surface area contributed by atoms with Gasteiger partial charge in [0.15, 0.2) is 0 Å². The third-order valence-electron chi connectivity index (χ3n) is 10.3. The van der Waals surface area contributed by atoms with E-state index in [0.29, 0.717) is 5.56 Å². The van der Waals surface area contributed by atoms with E-state index in [1.807, 2.05) is 36.4 Å². The first-order valence-electron chi connectivity index (χ1n) is 13.5. The van der Waals surface area contributed by atoms with E-state index >= 15 is 0 Å². The molecule has 1 aliphatic heterocycles. The molecule has 5 fully saturated rings. The van der Waals surface area contributed by atoms with Crippen LogP contribution in [-0.2, 0) is 5.41 Å². The van der Waals surface area contributed by atoms with Gasteiger partial charge in [0.1, 0.15) is 0 Å². The zero-order chi connectivity index (χ0) is 22.9. The Balaban J connectivity index is 1.12. The molecule has 4 saturated carbocycles. The lowest BCUT2D eigenvalue weighted by molar-refractivity contribution is -0.0829. The summed E-state index contributed by atoms with van der Waals surface area (Å²) in [5.74, 6) is 3.72. The molecular formula is C30H36N2O2. The van der Waals surface area contributed by atoms with E-state index in [9.17, 15) is 9.90 Å². The molecule has 178 valence electrons. The quantitative estimate of drug-likeness (QED) is 0.705. The van der Waals surface area contributed by atoms with Gasteiger partial charge in [-0.25, -0.2) is 0 Å². The maximum Gasteiger partial charge on any atom is 0.251 e. The lowest BCUT2D eigenvalue weighted by Crippen LogP contribution is -2.59. The average Bonchev–Trinajstić information content (AvgIpc) is 3.08. The summed E-state index contributed by atoms with van der Waals surface area (Å²) in [6.07, 6.45) is 8.70. The average molecular weight is 457 g/mol. The highest BCUT2D eigenvalue weighted by molar-refractivity contribution is 5.94. The van der Waals surface area contributed by atoms with Crippen molar-refractivity contribution in [2.75, 3.05) is 13.1 Å². The summed E-state index contributed by atoms with van der Waals surface area (Å²) in [6.45, 7) is 2.13. The first-order chi connectivity index (χ1) is 16.6. The van der Waals surface area contributed by atoms with E-state index in [4.69, 9.17) is 0 Å². The minimum atomic E-state index is -0.585. The number of nitrogens with one attached hydrogen (secondary N) is 1. The van der Waals surface area contributed by atoms with Crippen molar-refractivity contribution in [1.29, 1.82) is 0 Å². The van der Waals surface area contributed by atoms with Crippen molar-refractivity contribution in [3.05, 3.63) is 71.3 Å². The van der Waals surface area contributed by atoms with Crippen LogP contribution in [0.15, 0.2) is 54.6 Å². The molecule has 1 heterocycles. The van der Waals surface area contributed by atoms with Crippen molar-refractivity contribution in [1.82, 2.24) is 10.2 Å². The SMILES string of the molecule is O=C(N[C@@H]1c2ccccc2C2(CCN(C3C4CC5CC(C4)CC3C5)CC2)[C@H]1O)c1ccccc1. The third-order valence-corrected chi connectivity index (χ3v) is 10.3. The van der Waals surface area contributed by atoms with Gasteiger partial charge in [-0.2, -0.15) is 0 Å². The number of carbonyl (C=O) groups is 1. The molecule has 0 radical (unpaired) electrons. The fourth-order valence-corrected chi connectivity index (χ4v) is 9.12. The molecule has 0 unspecified atom stereocenters. The molecule has 8 rings (SSSR count). The highest BCUT2D eigenvalue weighted by atomic mass is 16.3. The van der Waals surface area contributed by atoms with Gasteiger partial charge < -0.3 is 10.4 Å². The topological polar surface area (TPSA) is 52.6 Å². The number of rotatable bonds is 3. The van der Waals surface area contributed by atoms with Crippen LogP contribution in [0.2, 0.25) is 0 Å². The number of amides is 1. The lowest BCUT2D eigenvalue weighted by atomic mass is 9.53. The van der Waals surface area contributed by atoms with Crippen LogP contribution in [0.5, 0.6) is 0 Å². The zero-order valence-corrected chi connectivity index (χ0v) is 19.9. The Morgan fingerprint density at radius 3 is 2.15 bits per heavy atom. The van der Waals surface area contributed by atoms with Crippen LogP contribution >= 0.6 is 0 Å². The van der Waals surface area contributed by atoms with Crippen molar-refractivity contribution in [2.24, 2.45) is 23.7 Å². The molecule has 2 aromatic carbocycles. The normalized spacial score (nSPS) is 37.6. The number of likely N-dealkylation sites (tertiary alicyclic amines) is 1. The fraction of sp³-hybridized carbons (Fsp3) is 0.567. The standard InChI is InChI=1S/C30H36N2O2/c33-28-26(31-29(34)21-6-2-1-3-7-21)24-8-4-5-9-25(24)30(28)10-12-32(13-11-30)27-22-15-19-14-20(17-22)18-23(27)16-19/h1-9,19-20,22-23,26-28,33H,10-18H2,(H,31,34)/t19?,20?,22?,23?,26-,27?,28+/m1/s1. The smallest absolute Gasteiger partial charge is 0.251 e. The monoisotopic (exact) mass is 456 g/mol. The van der Waals surface area contributed by atoms with E-state index in [-0.39, 0.29) is 17.4 Å². The highest BCUT2D eigenvalue weighted by Gasteiger charge is 2.55. The summed E-state index contributed by atoms with van der Waals surface area (Å²) < 4.78 is 0. The Morgan fingerprint density at radius 2 is 1.47 bits per heavy atom. The molecule has 1 spiro atoms. The van der Waals surface area contributed by atoms with Crippen LogP contribution in [0.1, 0.15) is 72.5 Å². The lowest BCUT2D eigenvalue weighted by Gasteiger charge is -2.59. The van der Waals surface area contributed by atoms with E-state index < -0.39 is 6.10 Å². The summed E-state index contributed by atoms with van der Waals surface area (Å²) in [7, 11) is 0. The summed E-state index contributed by atoms with van der Waals surface area (Å²) in [6, 6.07) is 18.2. The summed E-state index contributed by atoms with van der Waals surface area (Å²) in [5.41, 5.74) is 2.74. The van der Waals surface area contributed by atoms with E-state index in [1.54, 1.807) is 0 Å². The molecule has 6 aliphatic rings. The maximum absolute atomic E-state index is 13.0. The van der Waals surface area contributed by atoms with Gasteiger partial charge in [0, 0.05) is 17.0 Å². The highest BCUT2D eigenvalue weighted by Crippen LogP contribution is 2.57. The molecule has 4 bridgehead atoms. The van der Waals surface area contributed by atoms with E-state index in [2.05, 4.69) is 28.4 Å². The molecule has 34 heavy (non-hydrogen) atoms. The summed E-state index contributed by atoms with van der Waals surface area (Å²) in [5, 5.41) is 14.9. The summed E-state index contributed by atoms with van der Waals surface area (Å²) >= 11 is 0. The van der Waals surface area contributed by atoms with Crippen LogP contribution in [0.4, 0.5) is 0 Å². The van der Waals surface area contributed by atoms with Gasteiger partial charge in [-0.05, 0) is 105 Å². The number of hydrogen-bond donors (Lipinski definition) is 2. The second kappa shape index (κ2) is 7.93. The number of fused-ring (bicyclic) bond motifs is 2. The molecule has 4 nitrogen and oxygen atoms in total. The van der Waals surface area contributed by atoms with Gasteiger partial charge in [0.05, 0.1) is 12.1 Å². The Bertz CT molecular complexity index is 1050. The molecular weight excluding hydrogens is 420 g/mol. The molecule has 4 heteroatoms. The fourth-order valence-electron chi connectivity index (χ4n) is 9.12. The van der Waals surface area contributed by atoms with E-state index in [0.717, 1.165) is 61.2 Å². The number of aliphatic hydroxyl groups is 1. The summed E-state index contributed by atoms with van der Waals surface area (Å²) in [4.78, 5) is 15.8. The number of carbonyl (C=O) groups excluding carboxylic acids is 1. The van der Waals surface area contributed by atoms with Crippen molar-refractivity contribution in [3.8, 4) is 0 Å².